The molecule has 0 atom stereocenters. The summed E-state index contributed by atoms with van der Waals surface area (Å²) in [6.45, 7) is 5.19. The Hall–Kier alpha value is -0.790. The largest absolute Gasteiger partial charge is 0.375 e. The normalized spacial score (nSPS) is 16.8. The van der Waals surface area contributed by atoms with Gasteiger partial charge in [0.25, 0.3) is 6.43 Å². The number of hydrogen-bond donors (Lipinski definition) is 2. The van der Waals surface area contributed by atoms with Crippen molar-refractivity contribution < 1.29 is 18.3 Å². The van der Waals surface area contributed by atoms with E-state index >= 15 is 0 Å². The van der Waals surface area contributed by atoms with Gasteiger partial charge in [-0.1, -0.05) is 0 Å². The minimum atomic E-state index is -2.47. The van der Waals surface area contributed by atoms with Gasteiger partial charge in [0, 0.05) is 39.1 Å². The van der Waals surface area contributed by atoms with Gasteiger partial charge < -0.3 is 20.3 Å². The maximum atomic E-state index is 11.7. The highest BCUT2D eigenvalue weighted by atomic mass is 19.3. The maximum Gasteiger partial charge on any atom is 0.261 e. The highest BCUT2D eigenvalue weighted by Gasteiger charge is 2.09. The van der Waals surface area contributed by atoms with Crippen LogP contribution < -0.4 is 10.6 Å². The highest BCUT2D eigenvalue weighted by Crippen LogP contribution is 1.95. The second-order valence-electron chi connectivity index (χ2n) is 4.51. The lowest BCUT2D eigenvalue weighted by Crippen LogP contribution is -2.44. The molecule has 7 heteroatoms. The van der Waals surface area contributed by atoms with Crippen LogP contribution in [0.2, 0.25) is 0 Å². The summed E-state index contributed by atoms with van der Waals surface area (Å²) in [5.74, 6) is -0.144. The van der Waals surface area contributed by atoms with E-state index in [1.165, 1.54) is 0 Å². The fourth-order valence-electron chi connectivity index (χ4n) is 1.89. The highest BCUT2D eigenvalue weighted by molar-refractivity contribution is 5.75. The van der Waals surface area contributed by atoms with Crippen LogP contribution in [-0.2, 0) is 9.53 Å². The standard InChI is InChI=1S/C12H23F2N3O2/c13-11(14)10-19-9-2-12(18)16-3-1-6-17-7-4-15-5-8-17/h11,15H,1-10H2,(H,16,18). The molecule has 1 saturated heterocycles. The van der Waals surface area contributed by atoms with E-state index in [0.29, 0.717) is 6.54 Å². The third-order valence-electron chi connectivity index (χ3n) is 2.90. The molecule has 0 unspecified atom stereocenters. The van der Waals surface area contributed by atoms with Gasteiger partial charge in [-0.3, -0.25) is 4.79 Å². The van der Waals surface area contributed by atoms with Gasteiger partial charge in [0.1, 0.15) is 6.61 Å². The molecule has 1 amide bonds. The Morgan fingerprint density at radius 3 is 2.79 bits per heavy atom. The summed E-state index contributed by atoms with van der Waals surface area (Å²) in [6, 6.07) is 0. The molecule has 1 heterocycles. The van der Waals surface area contributed by atoms with E-state index in [9.17, 15) is 13.6 Å². The van der Waals surface area contributed by atoms with Crippen LogP contribution in [0.5, 0.6) is 0 Å². The van der Waals surface area contributed by atoms with Crippen molar-refractivity contribution in [3.8, 4) is 0 Å². The lowest BCUT2D eigenvalue weighted by atomic mass is 10.3. The van der Waals surface area contributed by atoms with E-state index in [0.717, 1.165) is 39.1 Å². The van der Waals surface area contributed by atoms with Crippen LogP contribution in [0.25, 0.3) is 0 Å². The van der Waals surface area contributed by atoms with Crippen LogP contribution in [-0.4, -0.2) is 69.7 Å². The summed E-state index contributed by atoms with van der Waals surface area (Å²) in [6.07, 6.45) is -1.42. The number of nitrogens with one attached hydrogen (secondary N) is 2. The number of hydrogen-bond acceptors (Lipinski definition) is 4. The molecule has 0 radical (unpaired) electrons. The summed E-state index contributed by atoms with van der Waals surface area (Å²) >= 11 is 0. The Labute approximate surface area is 112 Å². The van der Waals surface area contributed by atoms with Gasteiger partial charge in [0.2, 0.25) is 5.91 Å². The molecule has 0 saturated carbocycles. The predicted octanol–water partition coefficient (Wildman–Crippen LogP) is 0.0697. The van der Waals surface area contributed by atoms with Crippen LogP contribution in [0.3, 0.4) is 0 Å². The fourth-order valence-corrected chi connectivity index (χ4v) is 1.89. The van der Waals surface area contributed by atoms with Crippen LogP contribution in [0.1, 0.15) is 12.8 Å². The third kappa shape index (κ3) is 8.85. The summed E-state index contributed by atoms with van der Waals surface area (Å²) in [4.78, 5) is 13.7. The van der Waals surface area contributed by atoms with Crippen LogP contribution >= 0.6 is 0 Å². The van der Waals surface area contributed by atoms with Crippen molar-refractivity contribution in [2.45, 2.75) is 19.3 Å². The summed E-state index contributed by atoms with van der Waals surface area (Å²) in [5, 5.41) is 6.04. The summed E-state index contributed by atoms with van der Waals surface area (Å²) < 4.78 is 28.1. The number of carbonyl (C=O) groups excluding carboxylic acids is 1. The Balaban J connectivity index is 1.89. The van der Waals surface area contributed by atoms with Gasteiger partial charge in [-0.05, 0) is 13.0 Å². The van der Waals surface area contributed by atoms with Gasteiger partial charge in [-0.15, -0.1) is 0 Å². The molecule has 1 rings (SSSR count). The maximum absolute atomic E-state index is 11.7. The van der Waals surface area contributed by atoms with Crippen LogP contribution in [0.15, 0.2) is 0 Å². The van der Waals surface area contributed by atoms with Crippen molar-refractivity contribution in [3.63, 3.8) is 0 Å². The van der Waals surface area contributed by atoms with E-state index in [-0.39, 0.29) is 18.9 Å². The molecule has 1 fully saturated rings. The molecule has 5 nitrogen and oxygen atoms in total. The Morgan fingerprint density at radius 2 is 2.11 bits per heavy atom. The number of alkyl halides is 2. The number of amides is 1. The molecule has 0 spiro atoms. The molecule has 1 aliphatic rings. The summed E-state index contributed by atoms with van der Waals surface area (Å²) in [5.41, 5.74) is 0. The smallest absolute Gasteiger partial charge is 0.261 e. The van der Waals surface area contributed by atoms with Crippen LogP contribution in [0, 0.1) is 0 Å². The van der Waals surface area contributed by atoms with Gasteiger partial charge in [-0.2, -0.15) is 0 Å². The Morgan fingerprint density at radius 1 is 1.37 bits per heavy atom. The lowest BCUT2D eigenvalue weighted by molar-refractivity contribution is -0.122. The number of carbonyl (C=O) groups is 1. The monoisotopic (exact) mass is 279 g/mol. The van der Waals surface area contributed by atoms with E-state index in [2.05, 4.69) is 20.3 Å². The quantitative estimate of drug-likeness (QED) is 0.587. The fraction of sp³-hybridized carbons (Fsp3) is 0.917. The molecule has 1 aliphatic heterocycles. The minimum absolute atomic E-state index is 0.0496. The van der Waals surface area contributed by atoms with Gasteiger partial charge >= 0.3 is 0 Å². The molecule has 0 aromatic rings. The second kappa shape index (κ2) is 10.1. The molecule has 112 valence electrons. The first-order valence-electron chi connectivity index (χ1n) is 6.74. The first kappa shape index (κ1) is 16.3. The van der Waals surface area contributed by atoms with Gasteiger partial charge in [0.15, 0.2) is 0 Å². The Kier molecular flexibility index (Phi) is 8.61. The summed E-state index contributed by atoms with van der Waals surface area (Å²) in [7, 11) is 0. The average molecular weight is 279 g/mol. The van der Waals surface area contributed by atoms with Crippen molar-refractivity contribution in [2.24, 2.45) is 0 Å². The number of halogens is 2. The zero-order valence-electron chi connectivity index (χ0n) is 11.2. The second-order valence-corrected chi connectivity index (χ2v) is 4.51. The number of rotatable bonds is 9. The van der Waals surface area contributed by atoms with E-state index in [1.807, 2.05) is 0 Å². The van der Waals surface area contributed by atoms with Crippen molar-refractivity contribution >= 4 is 5.91 Å². The Bertz CT molecular complexity index is 249. The van der Waals surface area contributed by atoms with Gasteiger partial charge in [0.05, 0.1) is 6.61 Å². The minimum Gasteiger partial charge on any atom is -0.375 e. The zero-order valence-corrected chi connectivity index (χ0v) is 11.2. The predicted molar refractivity (Wildman–Crippen MR) is 68.4 cm³/mol. The molecule has 0 aromatic heterocycles. The number of ether oxygens (including phenoxy) is 1. The lowest BCUT2D eigenvalue weighted by Gasteiger charge is -2.27. The molecule has 2 N–H and O–H groups in total. The first-order chi connectivity index (χ1) is 9.18. The van der Waals surface area contributed by atoms with E-state index in [4.69, 9.17) is 0 Å². The average Bonchev–Trinajstić information content (AvgIpc) is 2.41. The number of nitrogens with zero attached hydrogens (tertiary/aromatic N) is 1. The number of piperazine rings is 1. The molecule has 0 bridgehead atoms. The zero-order chi connectivity index (χ0) is 13.9. The molecular formula is C12H23F2N3O2. The topological polar surface area (TPSA) is 53.6 Å². The van der Waals surface area contributed by atoms with Crippen molar-refractivity contribution in [1.29, 1.82) is 0 Å². The molecule has 19 heavy (non-hydrogen) atoms. The first-order valence-corrected chi connectivity index (χ1v) is 6.74. The van der Waals surface area contributed by atoms with E-state index < -0.39 is 13.0 Å². The van der Waals surface area contributed by atoms with Crippen molar-refractivity contribution in [3.05, 3.63) is 0 Å². The van der Waals surface area contributed by atoms with Gasteiger partial charge in [-0.25, -0.2) is 8.78 Å². The SMILES string of the molecule is O=C(CCOCC(F)F)NCCCN1CCNCC1. The molecular weight excluding hydrogens is 256 g/mol. The van der Waals surface area contributed by atoms with E-state index in [1.54, 1.807) is 0 Å². The van der Waals surface area contributed by atoms with Crippen molar-refractivity contribution in [2.75, 3.05) is 52.5 Å². The van der Waals surface area contributed by atoms with Crippen molar-refractivity contribution in [1.82, 2.24) is 15.5 Å². The third-order valence-corrected chi connectivity index (χ3v) is 2.90. The molecule has 0 aromatic carbocycles. The van der Waals surface area contributed by atoms with Crippen LogP contribution in [0.4, 0.5) is 8.78 Å². The molecule has 0 aliphatic carbocycles.